The molecule has 0 unspecified atom stereocenters. The predicted octanol–water partition coefficient (Wildman–Crippen LogP) is -4.32. The van der Waals surface area contributed by atoms with Crippen molar-refractivity contribution in [3.8, 4) is 0 Å². The summed E-state index contributed by atoms with van der Waals surface area (Å²) in [6.07, 6.45) is 1.20. The zero-order valence-corrected chi connectivity index (χ0v) is 15.8. The fourth-order valence-electron chi connectivity index (χ4n) is 2.94. The van der Waals surface area contributed by atoms with Gasteiger partial charge in [-0.2, -0.15) is 0 Å². The van der Waals surface area contributed by atoms with Crippen LogP contribution in [0.1, 0.15) is 10.4 Å². The van der Waals surface area contributed by atoms with Crippen LogP contribution >= 0.6 is 15.9 Å². The number of carbonyl (C=O) groups is 1. The summed E-state index contributed by atoms with van der Waals surface area (Å²) in [7, 11) is 65.5. The van der Waals surface area contributed by atoms with Crippen LogP contribution in [0.15, 0.2) is 22.9 Å². The molecule has 1 aliphatic rings. The van der Waals surface area contributed by atoms with E-state index >= 15 is 0 Å². The van der Waals surface area contributed by atoms with E-state index in [1.807, 2.05) is 0 Å². The van der Waals surface area contributed by atoms with E-state index in [1.165, 1.54) is 18.3 Å². The molecule has 1 saturated heterocycles. The minimum absolute atomic E-state index is 0.0155. The van der Waals surface area contributed by atoms with Crippen LogP contribution in [-0.2, 0) is 0 Å². The van der Waals surface area contributed by atoms with Gasteiger partial charge in [-0.3, -0.25) is 4.79 Å². The maximum Gasteiger partial charge on any atom is 0.253 e. The first kappa shape index (κ1) is 23.1. The standard InChI is InChI=1S/C11H3B11BrN3O/c12-7(13)9(16,17)26(11(20,21)22)10(18,19)8(14,15)25(7)6(27)4-1-2-5(23)24-3-4/h1-3H. The second kappa shape index (κ2) is 6.65. The number of rotatable bonds is 2. The zero-order valence-electron chi connectivity index (χ0n) is 14.2. The van der Waals surface area contributed by atoms with E-state index in [0.29, 0.717) is 14.4 Å². The first-order valence-electron chi connectivity index (χ1n) is 7.34. The Hall–Kier alpha value is -0.226. The normalized spacial score (nSPS) is 23.5. The summed E-state index contributed by atoms with van der Waals surface area (Å²) in [6, 6.07) is 2.87. The lowest BCUT2D eigenvalue weighted by Gasteiger charge is -2.78. The van der Waals surface area contributed by atoms with Crippen molar-refractivity contribution in [2.75, 3.05) is 0 Å². The highest BCUT2D eigenvalue weighted by molar-refractivity contribution is 9.10. The summed E-state index contributed by atoms with van der Waals surface area (Å²) in [5.74, 6) is -0.915. The fraction of sp³-hybridized carbons (Fsp3) is 0.455. The molecule has 0 aliphatic carbocycles. The zero-order chi connectivity index (χ0) is 21.2. The molecule has 1 fully saturated rings. The molecule has 0 saturated carbocycles. The Bertz CT molecular complexity index is 721. The van der Waals surface area contributed by atoms with Gasteiger partial charge in [0.2, 0.25) is 0 Å². The van der Waals surface area contributed by atoms with E-state index in [2.05, 4.69) is 20.9 Å². The van der Waals surface area contributed by atoms with Crippen molar-refractivity contribution in [2.24, 2.45) is 0 Å². The third-order valence-corrected chi connectivity index (χ3v) is 4.80. The molecule has 27 heavy (non-hydrogen) atoms. The third-order valence-electron chi connectivity index (χ3n) is 4.33. The number of hydrogen-bond donors (Lipinski definition) is 0. The molecule has 1 amide bonds. The molecule has 0 bridgehead atoms. The lowest BCUT2D eigenvalue weighted by Crippen LogP contribution is -2.95. The predicted molar refractivity (Wildman–Crippen MR) is 117 cm³/mol. The van der Waals surface area contributed by atoms with Gasteiger partial charge in [-0.1, -0.05) is 5.24 Å². The highest BCUT2D eigenvalue weighted by atomic mass is 79.9. The Morgan fingerprint density at radius 2 is 1.33 bits per heavy atom. The Morgan fingerprint density at radius 3 is 1.67 bits per heavy atom. The Labute approximate surface area is 182 Å². The minimum atomic E-state index is -2.49. The van der Waals surface area contributed by atoms with Crippen LogP contribution in [0.25, 0.3) is 0 Å². The maximum absolute atomic E-state index is 13.1. The fourth-order valence-corrected chi connectivity index (χ4v) is 3.17. The van der Waals surface area contributed by atoms with Gasteiger partial charge in [0.25, 0.3) is 5.91 Å². The SMILES string of the molecule is [B]C([B])([B])N1C([B])([B])C([B])([B])N(C(=O)c2ccc(Br)nc2)C([B])([B])C1([B])[B]. The second-order valence-corrected chi connectivity index (χ2v) is 7.35. The van der Waals surface area contributed by atoms with Gasteiger partial charge in [-0.05, 0) is 49.4 Å². The van der Waals surface area contributed by atoms with Crippen molar-refractivity contribution in [3.05, 3.63) is 28.5 Å². The van der Waals surface area contributed by atoms with Gasteiger partial charge >= 0.3 is 0 Å². The molecule has 1 aromatic rings. The topological polar surface area (TPSA) is 36.4 Å². The van der Waals surface area contributed by atoms with Gasteiger partial charge in [0.15, 0.2) is 0 Å². The number of aromatic nitrogens is 1. The molecule has 0 aromatic carbocycles. The average Bonchev–Trinajstić information content (AvgIpc) is 2.43. The molecule has 1 aliphatic heterocycles. The van der Waals surface area contributed by atoms with E-state index in [4.69, 9.17) is 86.3 Å². The van der Waals surface area contributed by atoms with E-state index in [1.54, 1.807) is 0 Å². The molecule has 108 valence electrons. The highest BCUT2D eigenvalue weighted by Crippen LogP contribution is 2.44. The quantitative estimate of drug-likeness (QED) is 0.378. The number of amides is 1. The van der Waals surface area contributed by atoms with E-state index < -0.39 is 32.5 Å². The molecule has 16 heteroatoms. The monoisotopic (exact) mass is 393 g/mol. The second-order valence-electron chi connectivity index (χ2n) is 6.53. The maximum atomic E-state index is 13.1. The Morgan fingerprint density at radius 1 is 0.889 bits per heavy atom. The first-order chi connectivity index (χ1) is 11.9. The molecule has 0 atom stereocenters. The number of halogens is 1. The van der Waals surface area contributed by atoms with E-state index in [0.717, 1.165) is 0 Å². The van der Waals surface area contributed by atoms with Gasteiger partial charge in [0.1, 0.15) is 4.60 Å². The summed E-state index contributed by atoms with van der Waals surface area (Å²) < 4.78 is 0.459. The van der Waals surface area contributed by atoms with Crippen LogP contribution in [-0.4, -0.2) is 134 Å². The highest BCUT2D eigenvalue weighted by Gasteiger charge is 2.62. The first-order valence-corrected chi connectivity index (χ1v) is 8.13. The van der Waals surface area contributed by atoms with Crippen LogP contribution in [0.2, 0.25) is 0 Å². The lowest BCUT2D eigenvalue weighted by molar-refractivity contribution is -0.0119. The molecular weight excluding hydrogens is 389 g/mol. The number of nitrogens with zero attached hydrogens (tertiary/aromatic N) is 3. The molecule has 0 N–H and O–H groups in total. The number of carbonyl (C=O) groups excluding carboxylic acids is 1. The van der Waals surface area contributed by atoms with Crippen molar-refractivity contribution in [3.63, 3.8) is 0 Å². The summed E-state index contributed by atoms with van der Waals surface area (Å²) >= 11 is 3.14. The Kier molecular flexibility index (Phi) is 5.68. The number of hydrogen-bond acceptors (Lipinski definition) is 3. The van der Waals surface area contributed by atoms with Gasteiger partial charge in [-0.15, -0.1) is 0 Å². The van der Waals surface area contributed by atoms with Crippen molar-refractivity contribution in [2.45, 2.75) is 26.6 Å². The van der Waals surface area contributed by atoms with Crippen molar-refractivity contribution >= 4 is 108 Å². The third kappa shape index (κ3) is 3.37. The number of pyridine rings is 1. The van der Waals surface area contributed by atoms with E-state index in [-0.39, 0.29) is 5.56 Å². The van der Waals surface area contributed by atoms with E-state index in [9.17, 15) is 4.79 Å². The van der Waals surface area contributed by atoms with Crippen molar-refractivity contribution in [1.29, 1.82) is 0 Å². The summed E-state index contributed by atoms with van der Waals surface area (Å²) in [5, 5.41) is -12.3. The molecule has 2 heterocycles. The number of piperazine rings is 1. The van der Waals surface area contributed by atoms with Crippen LogP contribution in [0, 0.1) is 0 Å². The van der Waals surface area contributed by atoms with Crippen LogP contribution in [0.5, 0.6) is 0 Å². The van der Waals surface area contributed by atoms with Gasteiger partial charge < -0.3 is 9.80 Å². The molecule has 4 nitrogen and oxygen atoms in total. The average molecular weight is 392 g/mol. The Balaban J connectivity index is 2.72. The smallest absolute Gasteiger partial charge is 0.253 e. The van der Waals surface area contributed by atoms with Gasteiger partial charge in [0, 0.05) is 6.20 Å². The van der Waals surface area contributed by atoms with Crippen molar-refractivity contribution < 1.29 is 4.79 Å². The van der Waals surface area contributed by atoms with Gasteiger partial charge in [-0.25, -0.2) is 4.98 Å². The van der Waals surface area contributed by atoms with Crippen LogP contribution in [0.4, 0.5) is 0 Å². The van der Waals surface area contributed by atoms with Crippen LogP contribution < -0.4 is 0 Å². The summed E-state index contributed by atoms with van der Waals surface area (Å²) in [5.41, 5.74) is -0.0155. The molecule has 2 rings (SSSR count). The van der Waals surface area contributed by atoms with Crippen LogP contribution in [0.3, 0.4) is 0 Å². The molecule has 1 aromatic heterocycles. The molecule has 0 spiro atoms. The van der Waals surface area contributed by atoms with Crippen molar-refractivity contribution in [1.82, 2.24) is 14.8 Å². The summed E-state index contributed by atoms with van der Waals surface area (Å²) in [6.45, 7) is 0. The minimum Gasteiger partial charge on any atom is -0.361 e. The lowest BCUT2D eigenvalue weighted by atomic mass is 9.24. The molecule has 22 radical (unpaired) electrons. The largest absolute Gasteiger partial charge is 0.361 e. The van der Waals surface area contributed by atoms with Gasteiger partial charge in [0.05, 0.1) is 91.9 Å². The summed E-state index contributed by atoms with van der Waals surface area (Å²) in [4.78, 5) is 18.1. The molecular formula is C11H3B11BrN3O.